The zero-order chi connectivity index (χ0) is 20.4. The molecule has 0 aliphatic heterocycles. The highest BCUT2D eigenvalue weighted by Crippen LogP contribution is 2.60. The third-order valence-corrected chi connectivity index (χ3v) is 7.25. The molecule has 0 fully saturated rings. The lowest BCUT2D eigenvalue weighted by molar-refractivity contribution is 0.620. The number of hydrogen-bond donors (Lipinski definition) is 0. The van der Waals surface area contributed by atoms with Crippen LogP contribution in [0.3, 0.4) is 0 Å². The zero-order valence-electron chi connectivity index (χ0n) is 17.1. The van der Waals surface area contributed by atoms with Crippen LogP contribution in [-0.4, -0.2) is 0 Å². The molecule has 5 aromatic carbocycles. The van der Waals surface area contributed by atoms with E-state index in [1.54, 1.807) is 0 Å². The highest BCUT2D eigenvalue weighted by Gasteiger charge is 2.53. The highest BCUT2D eigenvalue weighted by molar-refractivity contribution is 5.84. The second kappa shape index (κ2) is 6.12. The number of fused-ring (bicyclic) bond motifs is 1. The Morgan fingerprint density at radius 3 is 1.55 bits per heavy atom. The fraction of sp³-hybridized carbons (Fsp3) is 0.0645. The first-order chi connectivity index (χ1) is 15.4. The van der Waals surface area contributed by atoms with Crippen molar-refractivity contribution in [3.8, 4) is 0 Å². The van der Waals surface area contributed by atoms with Gasteiger partial charge in [0, 0.05) is 35.2 Å². The van der Waals surface area contributed by atoms with Crippen LogP contribution in [0.2, 0.25) is 0 Å². The van der Waals surface area contributed by atoms with Gasteiger partial charge >= 0.3 is 0 Å². The molecule has 3 aliphatic rings. The predicted molar refractivity (Wildman–Crippen MR) is 128 cm³/mol. The maximum absolute atomic E-state index is 2.51. The van der Waals surface area contributed by atoms with Crippen molar-refractivity contribution in [3.63, 3.8) is 0 Å². The molecule has 0 N–H and O–H groups in total. The lowest BCUT2D eigenvalue weighted by Gasteiger charge is -2.48. The van der Waals surface area contributed by atoms with Crippen molar-refractivity contribution < 1.29 is 0 Å². The van der Waals surface area contributed by atoms with Gasteiger partial charge in [-0.3, -0.25) is 0 Å². The van der Waals surface area contributed by atoms with E-state index in [1.807, 2.05) is 0 Å². The van der Waals surface area contributed by atoms with Gasteiger partial charge < -0.3 is 0 Å². The quantitative estimate of drug-likeness (QED) is 0.277. The summed E-state index contributed by atoms with van der Waals surface area (Å²) in [5, 5.41) is 2.57. The van der Waals surface area contributed by atoms with Crippen LogP contribution < -0.4 is 0 Å². The maximum Gasteiger partial charge on any atom is 0.132 e. The summed E-state index contributed by atoms with van der Waals surface area (Å²) >= 11 is 0. The van der Waals surface area contributed by atoms with Gasteiger partial charge in [-0.05, 0) is 39.4 Å². The summed E-state index contributed by atoms with van der Waals surface area (Å²) in [4.78, 5) is 0. The normalized spacial score (nSPS) is 20.1. The molecule has 0 saturated carbocycles. The molecule has 31 heavy (non-hydrogen) atoms. The van der Waals surface area contributed by atoms with Crippen LogP contribution in [0.15, 0.2) is 115 Å². The lowest BCUT2D eigenvalue weighted by atomic mass is 9.51. The molecule has 0 atom stereocenters. The average Bonchev–Trinajstić information content (AvgIpc) is 2.84. The third-order valence-electron chi connectivity index (χ3n) is 7.25. The molecule has 0 heterocycles. The van der Waals surface area contributed by atoms with E-state index in [1.165, 1.54) is 49.7 Å². The summed E-state index contributed by atoms with van der Waals surface area (Å²) in [6.45, 7) is 0. The van der Waals surface area contributed by atoms with Crippen LogP contribution in [0.4, 0.5) is 0 Å². The Hall–Kier alpha value is -3.77. The van der Waals surface area contributed by atoms with E-state index in [4.69, 9.17) is 0 Å². The first-order valence-corrected chi connectivity index (χ1v) is 11.0. The van der Waals surface area contributed by atoms with Crippen molar-refractivity contribution >= 4 is 10.8 Å². The minimum absolute atomic E-state index is 0.277. The molecule has 8 rings (SSSR count). The molecule has 0 unspecified atom stereocenters. The molecule has 2 bridgehead atoms. The van der Waals surface area contributed by atoms with Crippen molar-refractivity contribution in [2.75, 3.05) is 0 Å². The summed E-state index contributed by atoms with van der Waals surface area (Å²) in [5.74, 6) is 0.315. The zero-order valence-corrected chi connectivity index (χ0v) is 17.1. The molecule has 5 aromatic rings. The third kappa shape index (κ3) is 2.17. The Labute approximate surface area is 182 Å². The summed E-state index contributed by atoms with van der Waals surface area (Å²) in [6.07, 6.45) is 2.51. The largest absolute Gasteiger partial charge is 0.132 e. The van der Waals surface area contributed by atoms with Crippen LogP contribution in [0.25, 0.3) is 10.8 Å². The molecular weight excluding hydrogens is 372 g/mol. The molecule has 0 nitrogen and oxygen atoms in total. The van der Waals surface area contributed by atoms with Gasteiger partial charge in [-0.1, -0.05) is 91.0 Å². The smallest absolute Gasteiger partial charge is 0.0619 e. The second-order valence-corrected chi connectivity index (χ2v) is 8.75. The van der Waals surface area contributed by atoms with E-state index in [0.717, 1.165) is 0 Å². The van der Waals surface area contributed by atoms with Crippen molar-refractivity contribution in [3.05, 3.63) is 161 Å². The Bertz CT molecular complexity index is 1360. The number of rotatable bonds is 2. The van der Waals surface area contributed by atoms with Gasteiger partial charge in [0.2, 0.25) is 0 Å². The molecule has 0 spiro atoms. The second-order valence-electron chi connectivity index (χ2n) is 8.75. The Morgan fingerprint density at radius 2 is 0.968 bits per heavy atom. The molecular formula is C31H21+. The molecule has 3 aliphatic carbocycles. The summed E-state index contributed by atoms with van der Waals surface area (Å²) < 4.78 is 0. The van der Waals surface area contributed by atoms with Crippen LogP contribution in [0.1, 0.15) is 44.9 Å². The van der Waals surface area contributed by atoms with Gasteiger partial charge in [0.15, 0.2) is 0 Å². The van der Waals surface area contributed by atoms with Gasteiger partial charge in [0.05, 0.1) is 6.07 Å². The van der Waals surface area contributed by atoms with Crippen LogP contribution in [0, 0.1) is 6.42 Å². The molecule has 144 valence electrons. The van der Waals surface area contributed by atoms with Gasteiger partial charge in [0.1, 0.15) is 11.0 Å². The maximum atomic E-state index is 2.51. The summed E-state index contributed by atoms with van der Waals surface area (Å²) in [6, 6.07) is 42.6. The van der Waals surface area contributed by atoms with Gasteiger partial charge in [-0.25, -0.2) is 0 Å². The summed E-state index contributed by atoms with van der Waals surface area (Å²) in [5.41, 5.74) is 9.58. The molecule has 0 saturated heterocycles. The topological polar surface area (TPSA) is 0 Å². The summed E-state index contributed by atoms with van der Waals surface area (Å²) in [7, 11) is 0. The Kier molecular flexibility index (Phi) is 3.35. The van der Waals surface area contributed by atoms with Gasteiger partial charge in [0.25, 0.3) is 0 Å². The van der Waals surface area contributed by atoms with Gasteiger partial charge in [-0.15, -0.1) is 0 Å². The molecule has 0 radical (unpaired) electrons. The number of hydrogen-bond acceptors (Lipinski definition) is 0. The highest BCUT2D eigenvalue weighted by atomic mass is 14.5. The minimum Gasteiger partial charge on any atom is -0.0619 e. The average molecular weight is 394 g/mol. The van der Waals surface area contributed by atoms with Gasteiger partial charge in [-0.2, -0.15) is 0 Å². The fourth-order valence-electron chi connectivity index (χ4n) is 6.04. The number of benzene rings is 5. The van der Waals surface area contributed by atoms with E-state index < -0.39 is 0 Å². The van der Waals surface area contributed by atoms with E-state index in [2.05, 4.69) is 122 Å². The van der Waals surface area contributed by atoms with Crippen LogP contribution >= 0.6 is 0 Å². The van der Waals surface area contributed by atoms with E-state index in [-0.39, 0.29) is 5.41 Å². The van der Waals surface area contributed by atoms with E-state index in [0.29, 0.717) is 5.92 Å². The van der Waals surface area contributed by atoms with Crippen molar-refractivity contribution in [1.29, 1.82) is 0 Å². The Balaban J connectivity index is 1.55. The SMILES string of the molecule is c1ccc2c(c1)C1c3ccccc3C2([CH+]c2ccc3ccccc3c2)c2ccccc21. The predicted octanol–water partition coefficient (Wildman–Crippen LogP) is 7.23. The lowest BCUT2D eigenvalue weighted by Crippen LogP contribution is -2.42. The molecule has 0 heteroatoms. The van der Waals surface area contributed by atoms with Crippen molar-refractivity contribution in [2.24, 2.45) is 0 Å². The standard InChI is InChI=1S/C31H21/c1-2-10-23-19-21(17-18-22(23)9-1)20-31-27-14-6-3-11-24(27)30(25-12-4-7-15-28(25)31)26-13-5-8-16-29(26)31/h1-20,30H/q+1. The van der Waals surface area contributed by atoms with Crippen LogP contribution in [-0.2, 0) is 5.41 Å². The molecule has 0 amide bonds. The van der Waals surface area contributed by atoms with Crippen molar-refractivity contribution in [2.45, 2.75) is 11.3 Å². The minimum atomic E-state index is -0.277. The monoisotopic (exact) mass is 393 g/mol. The van der Waals surface area contributed by atoms with Crippen LogP contribution in [0.5, 0.6) is 0 Å². The first kappa shape index (κ1) is 17.0. The molecule has 0 aromatic heterocycles. The van der Waals surface area contributed by atoms with E-state index >= 15 is 0 Å². The fourth-order valence-corrected chi connectivity index (χ4v) is 6.04. The Morgan fingerprint density at radius 1 is 0.484 bits per heavy atom. The van der Waals surface area contributed by atoms with Crippen molar-refractivity contribution in [1.82, 2.24) is 0 Å². The van der Waals surface area contributed by atoms with E-state index in [9.17, 15) is 0 Å². The first-order valence-electron chi connectivity index (χ1n) is 11.0.